The van der Waals surface area contributed by atoms with Crippen LogP contribution in [-0.2, 0) is 4.79 Å². The first-order valence-electron chi connectivity index (χ1n) is 8.35. The van der Waals surface area contributed by atoms with Gasteiger partial charge in [-0.25, -0.2) is 0 Å². The van der Waals surface area contributed by atoms with Crippen molar-refractivity contribution >= 4 is 28.9 Å². The van der Waals surface area contributed by atoms with Crippen LogP contribution in [-0.4, -0.2) is 31.8 Å². The van der Waals surface area contributed by atoms with Crippen molar-refractivity contribution < 1.29 is 9.53 Å². The minimum Gasteiger partial charge on any atom is -0.497 e. The predicted octanol–water partition coefficient (Wildman–Crippen LogP) is 4.33. The number of benzene rings is 2. The molecule has 0 fully saturated rings. The molecule has 0 radical (unpaired) electrons. The second-order valence-electron chi connectivity index (χ2n) is 6.07. The maximum Gasteiger partial charge on any atom is 0.251 e. The molecule has 1 unspecified atom stereocenters. The molecule has 0 N–H and O–H groups in total. The molecule has 2 aromatic rings. The van der Waals surface area contributed by atoms with Crippen LogP contribution in [0.1, 0.15) is 30.9 Å². The standard InChI is InChI=1S/C20H21ClN2O2/c1-4-5-17-20(24)23(2)18-11-8-14(21)12-16(18)19(22-17)13-6-9-15(25-3)10-7-13/h6-12,17H,4-5H2,1-3H3. The van der Waals surface area contributed by atoms with Gasteiger partial charge in [-0.2, -0.15) is 0 Å². The van der Waals surface area contributed by atoms with Crippen LogP contribution in [0.3, 0.4) is 0 Å². The summed E-state index contributed by atoms with van der Waals surface area (Å²) in [6, 6.07) is 12.9. The van der Waals surface area contributed by atoms with Crippen molar-refractivity contribution in [2.24, 2.45) is 4.99 Å². The Bertz CT molecular complexity index is 815. The van der Waals surface area contributed by atoms with Gasteiger partial charge in [-0.3, -0.25) is 9.79 Å². The second-order valence-corrected chi connectivity index (χ2v) is 6.51. The fourth-order valence-corrected chi connectivity index (χ4v) is 3.23. The maximum absolute atomic E-state index is 12.8. The Hall–Kier alpha value is -2.33. The van der Waals surface area contributed by atoms with E-state index < -0.39 is 6.04 Å². The van der Waals surface area contributed by atoms with Crippen LogP contribution in [0, 0.1) is 0 Å². The number of rotatable bonds is 4. The summed E-state index contributed by atoms with van der Waals surface area (Å²) < 4.78 is 5.24. The second kappa shape index (κ2) is 7.28. The lowest BCUT2D eigenvalue weighted by Gasteiger charge is -2.20. The van der Waals surface area contributed by atoms with Gasteiger partial charge in [-0.05, 0) is 48.9 Å². The lowest BCUT2D eigenvalue weighted by Crippen LogP contribution is -2.34. The summed E-state index contributed by atoms with van der Waals surface area (Å²) in [4.78, 5) is 19.3. The van der Waals surface area contributed by atoms with Gasteiger partial charge in [0.1, 0.15) is 11.8 Å². The third-order valence-electron chi connectivity index (χ3n) is 4.40. The smallest absolute Gasteiger partial charge is 0.251 e. The number of hydrogen-bond donors (Lipinski definition) is 0. The number of anilines is 1. The molecule has 0 aromatic heterocycles. The molecule has 2 aromatic carbocycles. The molecule has 0 bridgehead atoms. The first kappa shape index (κ1) is 17.5. The summed E-state index contributed by atoms with van der Waals surface area (Å²) in [6.45, 7) is 2.06. The number of methoxy groups -OCH3 is 1. The van der Waals surface area contributed by atoms with E-state index in [9.17, 15) is 4.79 Å². The summed E-state index contributed by atoms with van der Waals surface area (Å²) in [5.74, 6) is 0.788. The highest BCUT2D eigenvalue weighted by molar-refractivity contribution is 6.32. The summed E-state index contributed by atoms with van der Waals surface area (Å²) in [7, 11) is 3.43. The number of amides is 1. The predicted molar refractivity (Wildman–Crippen MR) is 102 cm³/mol. The SMILES string of the molecule is CCCC1N=C(c2ccc(OC)cc2)c2cc(Cl)ccc2N(C)C1=O. The number of aliphatic imine (C=N–C) groups is 1. The summed E-state index contributed by atoms with van der Waals surface area (Å²) in [5.41, 5.74) is 3.42. The van der Waals surface area contributed by atoms with Gasteiger partial charge in [0, 0.05) is 23.2 Å². The Morgan fingerprint density at radius 1 is 1.20 bits per heavy atom. The van der Waals surface area contributed by atoms with Gasteiger partial charge in [0.2, 0.25) is 0 Å². The van der Waals surface area contributed by atoms with Crippen LogP contribution < -0.4 is 9.64 Å². The fraction of sp³-hybridized carbons (Fsp3) is 0.300. The van der Waals surface area contributed by atoms with Crippen LogP contribution in [0.5, 0.6) is 5.75 Å². The Morgan fingerprint density at radius 3 is 2.56 bits per heavy atom. The molecular weight excluding hydrogens is 336 g/mol. The van der Waals surface area contributed by atoms with Crippen molar-refractivity contribution in [3.8, 4) is 5.75 Å². The first-order valence-corrected chi connectivity index (χ1v) is 8.72. The number of halogens is 1. The zero-order valence-corrected chi connectivity index (χ0v) is 15.4. The van der Waals surface area contributed by atoms with E-state index in [2.05, 4.69) is 6.92 Å². The van der Waals surface area contributed by atoms with Gasteiger partial charge in [-0.15, -0.1) is 0 Å². The van der Waals surface area contributed by atoms with Crippen LogP contribution in [0.2, 0.25) is 5.02 Å². The Morgan fingerprint density at radius 2 is 1.92 bits per heavy atom. The fourth-order valence-electron chi connectivity index (χ4n) is 3.05. The molecule has 3 rings (SSSR count). The third-order valence-corrected chi connectivity index (χ3v) is 4.64. The Balaban J connectivity index is 2.19. The maximum atomic E-state index is 12.8. The van der Waals surface area contributed by atoms with E-state index in [4.69, 9.17) is 21.3 Å². The molecule has 5 heteroatoms. The van der Waals surface area contributed by atoms with Crippen molar-refractivity contribution in [2.75, 3.05) is 19.1 Å². The lowest BCUT2D eigenvalue weighted by molar-refractivity contribution is -0.119. The van der Waals surface area contributed by atoms with E-state index >= 15 is 0 Å². The molecule has 25 heavy (non-hydrogen) atoms. The van der Waals surface area contributed by atoms with Gasteiger partial charge < -0.3 is 9.64 Å². The normalized spacial score (nSPS) is 17.0. The van der Waals surface area contributed by atoms with E-state index in [1.165, 1.54) is 0 Å². The minimum absolute atomic E-state index is 0.00827. The van der Waals surface area contributed by atoms with E-state index in [1.807, 2.05) is 36.4 Å². The van der Waals surface area contributed by atoms with Gasteiger partial charge in [0.05, 0.1) is 18.5 Å². The van der Waals surface area contributed by atoms with Gasteiger partial charge in [0.15, 0.2) is 0 Å². The van der Waals surface area contributed by atoms with Crippen molar-refractivity contribution in [1.29, 1.82) is 0 Å². The van der Waals surface area contributed by atoms with Gasteiger partial charge in [0.25, 0.3) is 5.91 Å². The zero-order chi connectivity index (χ0) is 18.0. The highest BCUT2D eigenvalue weighted by Gasteiger charge is 2.29. The van der Waals surface area contributed by atoms with E-state index in [0.29, 0.717) is 11.4 Å². The number of carbonyl (C=O) groups excluding carboxylic acids is 1. The molecule has 0 saturated carbocycles. The number of likely N-dealkylation sites (N-methyl/N-ethyl adjacent to an activating group) is 1. The van der Waals surface area contributed by atoms with E-state index in [-0.39, 0.29) is 5.91 Å². The number of fused-ring (bicyclic) bond motifs is 1. The number of benzodiazepines with no additional fused rings is 1. The van der Waals surface area contributed by atoms with Crippen LogP contribution >= 0.6 is 11.6 Å². The van der Waals surface area contributed by atoms with Crippen LogP contribution in [0.25, 0.3) is 0 Å². The monoisotopic (exact) mass is 356 g/mol. The third kappa shape index (κ3) is 3.40. The number of hydrogen-bond acceptors (Lipinski definition) is 3. The molecule has 1 atom stereocenters. The number of ether oxygens (including phenoxy) is 1. The van der Waals surface area contributed by atoms with Crippen molar-refractivity contribution in [3.05, 3.63) is 58.6 Å². The van der Waals surface area contributed by atoms with Crippen molar-refractivity contribution in [2.45, 2.75) is 25.8 Å². The first-order chi connectivity index (χ1) is 12.0. The highest BCUT2D eigenvalue weighted by Crippen LogP contribution is 2.31. The highest BCUT2D eigenvalue weighted by atomic mass is 35.5. The average molecular weight is 357 g/mol. The molecule has 0 saturated heterocycles. The lowest BCUT2D eigenvalue weighted by atomic mass is 10.00. The Kier molecular flexibility index (Phi) is 5.09. The molecule has 1 aliphatic rings. The molecule has 1 aliphatic heterocycles. The van der Waals surface area contributed by atoms with Crippen LogP contribution in [0.4, 0.5) is 5.69 Å². The zero-order valence-electron chi connectivity index (χ0n) is 14.6. The topological polar surface area (TPSA) is 41.9 Å². The van der Waals surface area contributed by atoms with Crippen molar-refractivity contribution in [3.63, 3.8) is 0 Å². The summed E-state index contributed by atoms with van der Waals surface area (Å²) in [6.07, 6.45) is 1.60. The number of nitrogens with zero attached hydrogens (tertiary/aromatic N) is 2. The van der Waals surface area contributed by atoms with Gasteiger partial charge in [-0.1, -0.05) is 24.9 Å². The molecule has 1 heterocycles. The summed E-state index contributed by atoms with van der Waals surface area (Å²) in [5, 5.41) is 0.620. The molecular formula is C20H21ClN2O2. The molecule has 4 nitrogen and oxygen atoms in total. The quantitative estimate of drug-likeness (QED) is 0.818. The van der Waals surface area contributed by atoms with E-state index in [1.54, 1.807) is 25.1 Å². The van der Waals surface area contributed by atoms with E-state index in [0.717, 1.165) is 34.7 Å². The van der Waals surface area contributed by atoms with Crippen LogP contribution in [0.15, 0.2) is 47.5 Å². The average Bonchev–Trinajstić information content (AvgIpc) is 2.72. The van der Waals surface area contributed by atoms with Gasteiger partial charge >= 0.3 is 0 Å². The molecule has 0 aliphatic carbocycles. The Labute approximate surface area is 153 Å². The summed E-state index contributed by atoms with van der Waals surface area (Å²) >= 11 is 6.23. The van der Waals surface area contributed by atoms with Crippen molar-refractivity contribution in [1.82, 2.24) is 0 Å². The molecule has 1 amide bonds. The molecule has 130 valence electrons. The largest absolute Gasteiger partial charge is 0.497 e. The minimum atomic E-state index is -0.390. The molecule has 0 spiro atoms. The number of carbonyl (C=O) groups is 1.